The number of hydrogen-bond acceptors (Lipinski definition) is 6. The number of fused-ring (bicyclic) bond motifs is 2. The standard InChI is InChI=1S/C19H15N5O3/c1-11-7-13-8-16-17(27-10-26-16)9-15(13)18(24(11)19-20-22-23-21-19)12-3-5-14(25-2)6-4-12/h3-9H,10H2,1-2H3. The van der Waals surface area contributed by atoms with E-state index in [1.807, 2.05) is 47.9 Å². The predicted molar refractivity (Wildman–Crippen MR) is 95.0 cm³/mol. The first-order valence-corrected chi connectivity index (χ1v) is 8.37. The van der Waals surface area contributed by atoms with Crippen molar-refractivity contribution in [2.45, 2.75) is 6.92 Å². The Labute approximate surface area is 154 Å². The lowest BCUT2D eigenvalue weighted by Gasteiger charge is -2.18. The van der Waals surface area contributed by atoms with Crippen molar-refractivity contribution >= 4 is 10.8 Å². The van der Waals surface area contributed by atoms with Crippen molar-refractivity contribution in [1.82, 2.24) is 20.6 Å². The van der Waals surface area contributed by atoms with Gasteiger partial charge in [-0.1, -0.05) is 10.2 Å². The minimum atomic E-state index is 0.225. The van der Waals surface area contributed by atoms with E-state index < -0.39 is 0 Å². The lowest BCUT2D eigenvalue weighted by molar-refractivity contribution is -0.598. The molecule has 0 saturated heterocycles. The minimum Gasteiger partial charge on any atom is -0.497 e. The topological polar surface area (TPSA) is 84.3 Å². The molecule has 2 aromatic heterocycles. The number of methoxy groups -OCH3 is 1. The number of benzene rings is 2. The van der Waals surface area contributed by atoms with Crippen LogP contribution >= 0.6 is 0 Å². The average Bonchev–Trinajstić information content (AvgIpc) is 3.37. The van der Waals surface area contributed by atoms with Gasteiger partial charge in [0.25, 0.3) is 5.95 Å². The van der Waals surface area contributed by atoms with Gasteiger partial charge in [0.2, 0.25) is 6.79 Å². The molecule has 3 heterocycles. The molecule has 5 rings (SSSR count). The molecule has 8 nitrogen and oxygen atoms in total. The van der Waals surface area contributed by atoms with Crippen LogP contribution in [0.4, 0.5) is 0 Å². The highest BCUT2D eigenvalue weighted by Gasteiger charge is 2.21. The maximum absolute atomic E-state index is 5.59. The van der Waals surface area contributed by atoms with E-state index in [0.717, 1.165) is 39.2 Å². The van der Waals surface area contributed by atoms with Crippen LogP contribution in [0.25, 0.3) is 28.0 Å². The minimum absolute atomic E-state index is 0.225. The van der Waals surface area contributed by atoms with Gasteiger partial charge in [0, 0.05) is 11.1 Å². The largest absolute Gasteiger partial charge is 0.497 e. The quantitative estimate of drug-likeness (QED) is 0.516. The smallest absolute Gasteiger partial charge is 0.277 e. The highest BCUT2D eigenvalue weighted by Crippen LogP contribution is 2.39. The Morgan fingerprint density at radius 3 is 2.56 bits per heavy atom. The van der Waals surface area contributed by atoms with Crippen LogP contribution in [0, 0.1) is 6.92 Å². The predicted octanol–water partition coefficient (Wildman–Crippen LogP) is 1.97. The molecule has 8 heteroatoms. The number of aryl methyl sites for hydroxylation is 1. The van der Waals surface area contributed by atoms with E-state index in [1.165, 1.54) is 0 Å². The summed E-state index contributed by atoms with van der Waals surface area (Å²) in [6.07, 6.45) is 0. The summed E-state index contributed by atoms with van der Waals surface area (Å²) in [5, 5.41) is 17.4. The summed E-state index contributed by atoms with van der Waals surface area (Å²) < 4.78 is 18.3. The monoisotopic (exact) mass is 361 g/mol. The fourth-order valence-corrected chi connectivity index (χ4v) is 3.39. The second-order valence-corrected chi connectivity index (χ2v) is 6.17. The summed E-state index contributed by atoms with van der Waals surface area (Å²) in [5.74, 6) is 2.66. The Balaban J connectivity index is 1.87. The highest BCUT2D eigenvalue weighted by atomic mass is 16.7. The van der Waals surface area contributed by atoms with Crippen molar-refractivity contribution in [1.29, 1.82) is 0 Å². The zero-order valence-corrected chi connectivity index (χ0v) is 14.7. The molecule has 0 radical (unpaired) electrons. The zero-order chi connectivity index (χ0) is 18.4. The number of rotatable bonds is 3. The van der Waals surface area contributed by atoms with E-state index >= 15 is 0 Å². The lowest BCUT2D eigenvalue weighted by Crippen LogP contribution is -2.39. The summed E-state index contributed by atoms with van der Waals surface area (Å²) >= 11 is 0. The van der Waals surface area contributed by atoms with Gasteiger partial charge in [0.15, 0.2) is 11.5 Å². The fraction of sp³-hybridized carbons (Fsp3) is 0.158. The number of ether oxygens (including phenoxy) is 3. The van der Waals surface area contributed by atoms with Crippen LogP contribution in [0.2, 0.25) is 0 Å². The Morgan fingerprint density at radius 1 is 1.07 bits per heavy atom. The first-order valence-electron chi connectivity index (χ1n) is 8.37. The lowest BCUT2D eigenvalue weighted by atomic mass is 10.0. The zero-order valence-electron chi connectivity index (χ0n) is 14.7. The molecule has 1 aliphatic heterocycles. The molecule has 0 saturated carbocycles. The van der Waals surface area contributed by atoms with E-state index in [1.54, 1.807) is 7.11 Å². The van der Waals surface area contributed by atoms with E-state index in [2.05, 4.69) is 26.7 Å². The van der Waals surface area contributed by atoms with Crippen molar-refractivity contribution in [2.75, 3.05) is 13.9 Å². The summed E-state index contributed by atoms with van der Waals surface area (Å²) in [6.45, 7) is 2.22. The molecule has 2 aromatic carbocycles. The Bertz CT molecular complexity index is 1140. The molecule has 0 aliphatic carbocycles. The van der Waals surface area contributed by atoms with Crippen LogP contribution < -0.4 is 23.9 Å². The van der Waals surface area contributed by atoms with Gasteiger partial charge in [-0.2, -0.15) is 0 Å². The van der Waals surface area contributed by atoms with Crippen LogP contribution in [0.5, 0.6) is 17.2 Å². The summed E-state index contributed by atoms with van der Waals surface area (Å²) in [5.41, 5.74) is 2.84. The molecule has 0 bridgehead atoms. The molecular formula is C19H15N5O3. The molecule has 0 N–H and O–H groups in total. The van der Waals surface area contributed by atoms with Crippen molar-refractivity contribution < 1.29 is 18.8 Å². The molecule has 1 aliphatic rings. The third-order valence-corrected chi connectivity index (χ3v) is 4.61. The van der Waals surface area contributed by atoms with Gasteiger partial charge in [-0.3, -0.25) is 4.57 Å². The molecule has 0 spiro atoms. The van der Waals surface area contributed by atoms with Crippen LogP contribution in [0.3, 0.4) is 0 Å². The number of nitrogens with zero attached hydrogens (tertiary/aromatic N) is 5. The molecule has 0 amide bonds. The third-order valence-electron chi connectivity index (χ3n) is 4.61. The SMILES string of the molecule is COc1ccc(-c2c3cc4c(cc3cc(C)[n+]2-c2nnn[n-]2)OCO4)cc1. The Kier molecular flexibility index (Phi) is 3.43. The normalized spacial score (nSPS) is 12.5. The summed E-state index contributed by atoms with van der Waals surface area (Å²) in [7, 11) is 1.65. The van der Waals surface area contributed by atoms with Crippen molar-refractivity contribution in [3.8, 4) is 34.5 Å². The summed E-state index contributed by atoms with van der Waals surface area (Å²) in [6, 6.07) is 13.9. The molecule has 134 valence electrons. The first kappa shape index (κ1) is 15.6. The molecule has 4 aromatic rings. The maximum atomic E-state index is 5.59. The van der Waals surface area contributed by atoms with Gasteiger partial charge >= 0.3 is 0 Å². The van der Waals surface area contributed by atoms with E-state index in [9.17, 15) is 0 Å². The van der Waals surface area contributed by atoms with Crippen molar-refractivity contribution in [2.24, 2.45) is 0 Å². The number of hydrogen-bond donors (Lipinski definition) is 0. The number of pyridine rings is 1. The first-order chi connectivity index (χ1) is 13.2. The van der Waals surface area contributed by atoms with Crippen LogP contribution in [-0.2, 0) is 0 Å². The average molecular weight is 361 g/mol. The molecule has 0 atom stereocenters. The van der Waals surface area contributed by atoms with Crippen LogP contribution in [0.1, 0.15) is 5.69 Å². The van der Waals surface area contributed by atoms with Crippen molar-refractivity contribution in [3.05, 3.63) is 48.2 Å². The second kappa shape index (κ2) is 5.94. The number of aromatic nitrogens is 5. The van der Waals surface area contributed by atoms with E-state index in [4.69, 9.17) is 14.2 Å². The molecule has 27 heavy (non-hydrogen) atoms. The number of tetrazole rings is 1. The third kappa shape index (κ3) is 2.45. The van der Waals surface area contributed by atoms with Gasteiger partial charge in [-0.05, 0) is 70.8 Å². The van der Waals surface area contributed by atoms with E-state index in [0.29, 0.717) is 11.7 Å². The van der Waals surface area contributed by atoms with Gasteiger partial charge in [0.1, 0.15) is 5.75 Å². The molecule has 0 unspecified atom stereocenters. The highest BCUT2D eigenvalue weighted by molar-refractivity contribution is 5.95. The fourth-order valence-electron chi connectivity index (χ4n) is 3.39. The van der Waals surface area contributed by atoms with Gasteiger partial charge in [0.05, 0.1) is 12.8 Å². The van der Waals surface area contributed by atoms with Gasteiger partial charge < -0.3 is 14.2 Å². The van der Waals surface area contributed by atoms with Gasteiger partial charge in [-0.15, -0.1) is 0 Å². The van der Waals surface area contributed by atoms with Gasteiger partial charge in [-0.25, -0.2) is 0 Å². The maximum Gasteiger partial charge on any atom is 0.277 e. The van der Waals surface area contributed by atoms with Crippen LogP contribution in [0.15, 0.2) is 42.5 Å². The molecular weight excluding hydrogens is 346 g/mol. The van der Waals surface area contributed by atoms with Crippen LogP contribution in [-0.4, -0.2) is 29.4 Å². The molecule has 0 fully saturated rings. The second-order valence-electron chi connectivity index (χ2n) is 6.17. The summed E-state index contributed by atoms with van der Waals surface area (Å²) in [4.78, 5) is 0. The van der Waals surface area contributed by atoms with Crippen molar-refractivity contribution in [3.63, 3.8) is 0 Å². The Morgan fingerprint density at radius 2 is 1.85 bits per heavy atom. The van der Waals surface area contributed by atoms with E-state index in [-0.39, 0.29) is 6.79 Å². The Hall–Kier alpha value is -3.68.